The zero-order valence-electron chi connectivity index (χ0n) is 14.6. The second-order valence-corrected chi connectivity index (χ2v) is 6.09. The van der Waals surface area contributed by atoms with Gasteiger partial charge in [0.1, 0.15) is 11.9 Å². The molecule has 0 saturated carbocycles. The van der Waals surface area contributed by atoms with Crippen molar-refractivity contribution < 1.29 is 8.81 Å². The first kappa shape index (κ1) is 17.7. The van der Waals surface area contributed by atoms with E-state index in [1.807, 2.05) is 18.2 Å². The van der Waals surface area contributed by atoms with Gasteiger partial charge in [0.15, 0.2) is 0 Å². The number of anilines is 1. The van der Waals surface area contributed by atoms with Gasteiger partial charge in [-0.15, -0.1) is 0 Å². The lowest BCUT2D eigenvalue weighted by molar-refractivity contribution is 0.570. The van der Waals surface area contributed by atoms with Crippen LogP contribution in [-0.4, -0.2) is 11.5 Å². The average Bonchev–Trinajstić information content (AvgIpc) is 3.09. The number of hydrogen-bond donors (Lipinski definition) is 1. The number of hydrogen-bond acceptors (Lipinski definition) is 4. The van der Waals surface area contributed by atoms with Crippen molar-refractivity contribution in [1.82, 2.24) is 4.98 Å². The fourth-order valence-corrected chi connectivity index (χ4v) is 2.91. The standard InChI is InChI=1S/C21H20FN3O/c1-2-6-17(15-7-4-3-5-8-15)14-24-21-19(13-23)25-20(26-21)16-9-11-18(22)12-10-16/h3-5,7-12,17,24H,2,6,14H2,1H3. The summed E-state index contributed by atoms with van der Waals surface area (Å²) in [6, 6.07) is 18.2. The number of nitriles is 1. The first-order valence-corrected chi connectivity index (χ1v) is 8.67. The van der Waals surface area contributed by atoms with Crippen LogP contribution in [-0.2, 0) is 0 Å². The summed E-state index contributed by atoms with van der Waals surface area (Å²) in [6.45, 7) is 2.79. The van der Waals surface area contributed by atoms with Gasteiger partial charge in [0.25, 0.3) is 0 Å². The molecule has 0 saturated heterocycles. The van der Waals surface area contributed by atoms with E-state index in [1.54, 1.807) is 12.1 Å². The molecule has 3 rings (SSSR count). The Labute approximate surface area is 152 Å². The molecule has 3 aromatic rings. The van der Waals surface area contributed by atoms with Crippen molar-refractivity contribution in [2.45, 2.75) is 25.7 Å². The van der Waals surface area contributed by atoms with E-state index in [1.165, 1.54) is 17.7 Å². The minimum Gasteiger partial charge on any atom is -0.419 e. The fraction of sp³-hybridized carbons (Fsp3) is 0.238. The third kappa shape index (κ3) is 4.09. The summed E-state index contributed by atoms with van der Waals surface area (Å²) in [5.74, 6) is 0.635. The number of benzene rings is 2. The number of halogens is 1. The van der Waals surface area contributed by atoms with E-state index in [9.17, 15) is 9.65 Å². The molecule has 5 heteroatoms. The smallest absolute Gasteiger partial charge is 0.232 e. The molecule has 1 heterocycles. The number of nitrogens with zero attached hydrogens (tertiary/aromatic N) is 2. The van der Waals surface area contributed by atoms with Crippen molar-refractivity contribution in [1.29, 1.82) is 5.26 Å². The molecule has 1 unspecified atom stereocenters. The van der Waals surface area contributed by atoms with E-state index in [-0.39, 0.29) is 11.5 Å². The van der Waals surface area contributed by atoms with Crippen LogP contribution in [0.3, 0.4) is 0 Å². The number of aromatic nitrogens is 1. The molecule has 1 N–H and O–H groups in total. The summed E-state index contributed by atoms with van der Waals surface area (Å²) in [7, 11) is 0. The minimum absolute atomic E-state index is 0.202. The van der Waals surface area contributed by atoms with Gasteiger partial charge in [-0.3, -0.25) is 0 Å². The Morgan fingerprint density at radius 3 is 2.54 bits per heavy atom. The Balaban J connectivity index is 1.78. The zero-order chi connectivity index (χ0) is 18.4. The second kappa shape index (κ2) is 8.30. The van der Waals surface area contributed by atoms with Gasteiger partial charge in [-0.2, -0.15) is 10.2 Å². The number of oxazole rings is 1. The summed E-state index contributed by atoms with van der Waals surface area (Å²) in [6.07, 6.45) is 2.08. The van der Waals surface area contributed by atoms with Crippen LogP contribution in [0.4, 0.5) is 10.3 Å². The zero-order valence-corrected chi connectivity index (χ0v) is 14.6. The summed E-state index contributed by atoms with van der Waals surface area (Å²) in [5, 5.41) is 12.6. The third-order valence-corrected chi connectivity index (χ3v) is 4.24. The van der Waals surface area contributed by atoms with Gasteiger partial charge in [-0.1, -0.05) is 43.7 Å². The molecule has 1 atom stereocenters. The van der Waals surface area contributed by atoms with Gasteiger partial charge in [-0.25, -0.2) is 4.39 Å². The van der Waals surface area contributed by atoms with Gasteiger partial charge < -0.3 is 9.73 Å². The van der Waals surface area contributed by atoms with Crippen LogP contribution < -0.4 is 5.32 Å². The molecule has 2 aromatic carbocycles. The van der Waals surface area contributed by atoms with Crippen molar-refractivity contribution in [3.63, 3.8) is 0 Å². The van der Waals surface area contributed by atoms with Crippen molar-refractivity contribution in [3.05, 3.63) is 71.7 Å². The van der Waals surface area contributed by atoms with Crippen molar-refractivity contribution >= 4 is 5.88 Å². The van der Waals surface area contributed by atoms with E-state index < -0.39 is 0 Å². The molecule has 0 amide bonds. The molecule has 0 bridgehead atoms. The summed E-state index contributed by atoms with van der Waals surface area (Å²) < 4.78 is 18.8. The Hall–Kier alpha value is -3.13. The molecule has 132 valence electrons. The van der Waals surface area contributed by atoms with Crippen LogP contribution >= 0.6 is 0 Å². The molecule has 0 fully saturated rings. The van der Waals surface area contributed by atoms with Gasteiger partial charge in [0, 0.05) is 18.0 Å². The van der Waals surface area contributed by atoms with Crippen molar-refractivity contribution in [3.8, 4) is 17.5 Å². The Kier molecular flexibility index (Phi) is 5.65. The molecule has 4 nitrogen and oxygen atoms in total. The fourth-order valence-electron chi connectivity index (χ4n) is 2.91. The van der Waals surface area contributed by atoms with Gasteiger partial charge in [0.05, 0.1) is 0 Å². The number of nitrogens with one attached hydrogen (secondary N) is 1. The topological polar surface area (TPSA) is 61.9 Å². The lowest BCUT2D eigenvalue weighted by Crippen LogP contribution is -2.13. The van der Waals surface area contributed by atoms with Crippen molar-refractivity contribution in [2.24, 2.45) is 0 Å². The molecule has 0 aliphatic carbocycles. The molecule has 0 spiro atoms. The van der Waals surface area contributed by atoms with Crippen LogP contribution in [0, 0.1) is 17.1 Å². The molecular weight excluding hydrogens is 329 g/mol. The van der Waals surface area contributed by atoms with E-state index >= 15 is 0 Å². The maximum Gasteiger partial charge on any atom is 0.232 e. The van der Waals surface area contributed by atoms with E-state index in [2.05, 4.69) is 35.4 Å². The van der Waals surface area contributed by atoms with Crippen LogP contribution in [0.15, 0.2) is 59.0 Å². The predicted octanol–water partition coefficient (Wildman–Crippen LogP) is 5.35. The molecule has 0 aliphatic rings. The Morgan fingerprint density at radius 2 is 1.88 bits per heavy atom. The molecule has 1 aromatic heterocycles. The van der Waals surface area contributed by atoms with E-state index in [4.69, 9.17) is 4.42 Å². The first-order valence-electron chi connectivity index (χ1n) is 8.67. The largest absolute Gasteiger partial charge is 0.419 e. The SMILES string of the molecule is CCCC(CNc1oc(-c2ccc(F)cc2)nc1C#N)c1ccccc1. The Morgan fingerprint density at radius 1 is 1.15 bits per heavy atom. The van der Waals surface area contributed by atoms with Crippen LogP contribution in [0.5, 0.6) is 0 Å². The maximum absolute atomic E-state index is 13.1. The average molecular weight is 349 g/mol. The highest BCUT2D eigenvalue weighted by Crippen LogP contribution is 2.27. The molecule has 0 radical (unpaired) electrons. The maximum atomic E-state index is 13.1. The highest BCUT2D eigenvalue weighted by Gasteiger charge is 2.17. The highest BCUT2D eigenvalue weighted by atomic mass is 19.1. The van der Waals surface area contributed by atoms with E-state index in [0.717, 1.165) is 12.8 Å². The van der Waals surface area contributed by atoms with Crippen LogP contribution in [0.1, 0.15) is 36.9 Å². The normalized spacial score (nSPS) is 11.7. The van der Waals surface area contributed by atoms with Crippen LogP contribution in [0.25, 0.3) is 11.5 Å². The summed E-state index contributed by atoms with van der Waals surface area (Å²) in [5.41, 5.74) is 2.08. The van der Waals surface area contributed by atoms with Gasteiger partial charge in [-0.05, 0) is 36.2 Å². The third-order valence-electron chi connectivity index (χ3n) is 4.24. The monoisotopic (exact) mass is 349 g/mol. The predicted molar refractivity (Wildman–Crippen MR) is 99.2 cm³/mol. The highest BCUT2D eigenvalue weighted by molar-refractivity contribution is 5.58. The van der Waals surface area contributed by atoms with E-state index in [0.29, 0.717) is 29.8 Å². The molecule has 26 heavy (non-hydrogen) atoms. The molecular formula is C21H20FN3O. The quantitative estimate of drug-likeness (QED) is 0.625. The van der Waals surface area contributed by atoms with Gasteiger partial charge in [0.2, 0.25) is 17.5 Å². The van der Waals surface area contributed by atoms with Crippen molar-refractivity contribution in [2.75, 3.05) is 11.9 Å². The first-order chi connectivity index (χ1) is 12.7. The summed E-state index contributed by atoms with van der Waals surface area (Å²) >= 11 is 0. The number of rotatable bonds is 7. The lowest BCUT2D eigenvalue weighted by atomic mass is 9.94. The lowest BCUT2D eigenvalue weighted by Gasteiger charge is -2.17. The molecule has 0 aliphatic heterocycles. The Bertz CT molecular complexity index is 882. The minimum atomic E-state index is -0.329. The summed E-state index contributed by atoms with van der Waals surface area (Å²) in [4.78, 5) is 4.21. The van der Waals surface area contributed by atoms with Gasteiger partial charge >= 0.3 is 0 Å². The second-order valence-electron chi connectivity index (χ2n) is 6.09. The van der Waals surface area contributed by atoms with Crippen LogP contribution in [0.2, 0.25) is 0 Å².